The van der Waals surface area contributed by atoms with E-state index in [1.54, 1.807) is 0 Å². The Kier molecular flexibility index (Phi) is 4.97. The van der Waals surface area contributed by atoms with Crippen molar-refractivity contribution in [3.63, 3.8) is 0 Å². The Balaban J connectivity index is 1.66. The maximum atomic E-state index is 12.2. The van der Waals surface area contributed by atoms with Crippen LogP contribution in [0.25, 0.3) is 11.4 Å². The summed E-state index contributed by atoms with van der Waals surface area (Å²) in [7, 11) is 1.93. The van der Waals surface area contributed by atoms with Crippen molar-refractivity contribution < 1.29 is 9.53 Å². The average molecular weight is 332 g/mol. The summed E-state index contributed by atoms with van der Waals surface area (Å²) in [6, 6.07) is 8.16. The molecule has 1 fully saturated rings. The van der Waals surface area contributed by atoms with Crippen molar-refractivity contribution in [3.05, 3.63) is 29.8 Å². The molecule has 0 unspecified atom stereocenters. The molecule has 0 atom stereocenters. The molecule has 1 aromatic heterocycles. The Labute approximate surface area is 139 Å². The van der Waals surface area contributed by atoms with Crippen LogP contribution in [-0.4, -0.2) is 57.6 Å². The Morgan fingerprint density at radius 3 is 2.83 bits per heavy atom. The zero-order valence-electron chi connectivity index (χ0n) is 13.4. The van der Waals surface area contributed by atoms with Crippen LogP contribution in [-0.2, 0) is 16.6 Å². The van der Waals surface area contributed by atoms with Crippen molar-refractivity contribution >= 4 is 17.7 Å². The van der Waals surface area contributed by atoms with Crippen LogP contribution in [0.1, 0.15) is 5.56 Å². The second-order valence-corrected chi connectivity index (χ2v) is 6.46. The number of hydrogen-bond acceptors (Lipinski definition) is 5. The fraction of sp³-hybridized carbons (Fsp3) is 0.438. The monoisotopic (exact) mass is 332 g/mol. The molecule has 1 aromatic carbocycles. The van der Waals surface area contributed by atoms with Crippen LogP contribution in [0.5, 0.6) is 0 Å². The highest BCUT2D eigenvalue weighted by molar-refractivity contribution is 7.99. The van der Waals surface area contributed by atoms with Gasteiger partial charge in [-0.3, -0.25) is 4.79 Å². The summed E-state index contributed by atoms with van der Waals surface area (Å²) >= 11 is 1.43. The first-order chi connectivity index (χ1) is 11.1. The smallest absolute Gasteiger partial charge is 0.233 e. The summed E-state index contributed by atoms with van der Waals surface area (Å²) < 4.78 is 7.20. The van der Waals surface area contributed by atoms with E-state index in [9.17, 15) is 4.79 Å². The van der Waals surface area contributed by atoms with E-state index in [0.717, 1.165) is 16.5 Å². The number of carbonyl (C=O) groups is 1. The van der Waals surface area contributed by atoms with Crippen molar-refractivity contribution in [1.29, 1.82) is 0 Å². The number of aromatic nitrogens is 3. The number of hydrogen-bond donors (Lipinski definition) is 0. The van der Waals surface area contributed by atoms with Gasteiger partial charge in [0.2, 0.25) is 5.91 Å². The van der Waals surface area contributed by atoms with Crippen LogP contribution in [0.2, 0.25) is 0 Å². The topological polar surface area (TPSA) is 60.3 Å². The molecule has 1 saturated heterocycles. The fourth-order valence-electron chi connectivity index (χ4n) is 2.51. The maximum absolute atomic E-state index is 12.2. The number of aryl methyl sites for hydroxylation is 1. The summed E-state index contributed by atoms with van der Waals surface area (Å²) in [6.07, 6.45) is 0. The van der Waals surface area contributed by atoms with Gasteiger partial charge in [-0.1, -0.05) is 35.5 Å². The first-order valence-electron chi connectivity index (χ1n) is 7.60. The number of morpholine rings is 1. The molecule has 0 radical (unpaired) electrons. The zero-order valence-corrected chi connectivity index (χ0v) is 14.2. The van der Waals surface area contributed by atoms with E-state index in [2.05, 4.69) is 29.3 Å². The molecule has 2 heterocycles. The molecule has 2 aromatic rings. The summed E-state index contributed by atoms with van der Waals surface area (Å²) in [5, 5.41) is 9.24. The lowest BCUT2D eigenvalue weighted by Gasteiger charge is -2.26. The van der Waals surface area contributed by atoms with Crippen molar-refractivity contribution in [3.8, 4) is 11.4 Å². The Morgan fingerprint density at radius 2 is 2.09 bits per heavy atom. The number of carbonyl (C=O) groups excluding carboxylic acids is 1. The molecule has 3 rings (SSSR count). The van der Waals surface area contributed by atoms with E-state index in [-0.39, 0.29) is 5.91 Å². The summed E-state index contributed by atoms with van der Waals surface area (Å²) in [5.74, 6) is 1.31. The fourth-order valence-corrected chi connectivity index (χ4v) is 3.32. The van der Waals surface area contributed by atoms with Crippen molar-refractivity contribution in [2.75, 3.05) is 32.1 Å². The number of nitrogens with zero attached hydrogens (tertiary/aromatic N) is 4. The van der Waals surface area contributed by atoms with Crippen molar-refractivity contribution in [1.82, 2.24) is 19.7 Å². The third-order valence-corrected chi connectivity index (χ3v) is 4.80. The van der Waals surface area contributed by atoms with E-state index in [0.29, 0.717) is 32.1 Å². The lowest BCUT2D eigenvalue weighted by atomic mass is 10.1. The molecule has 0 spiro atoms. The molecule has 23 heavy (non-hydrogen) atoms. The first-order valence-corrected chi connectivity index (χ1v) is 8.58. The van der Waals surface area contributed by atoms with E-state index >= 15 is 0 Å². The lowest BCUT2D eigenvalue weighted by Crippen LogP contribution is -2.41. The standard InChI is InChI=1S/C16H20N4O2S/c1-12-4-3-5-13(10-12)15-17-18-16(19(15)2)23-11-14(21)20-6-8-22-9-7-20/h3-5,10H,6-9,11H2,1-2H3. The largest absolute Gasteiger partial charge is 0.378 e. The lowest BCUT2D eigenvalue weighted by molar-refractivity contribution is -0.132. The molecule has 0 saturated carbocycles. The molecule has 0 bridgehead atoms. The Bertz CT molecular complexity index is 695. The van der Waals surface area contributed by atoms with Gasteiger partial charge in [0, 0.05) is 25.7 Å². The third kappa shape index (κ3) is 3.73. The van der Waals surface area contributed by atoms with Gasteiger partial charge in [0.05, 0.1) is 19.0 Å². The van der Waals surface area contributed by atoms with Crippen LogP contribution < -0.4 is 0 Å². The minimum Gasteiger partial charge on any atom is -0.378 e. The van der Waals surface area contributed by atoms with Crippen molar-refractivity contribution in [2.24, 2.45) is 7.05 Å². The highest BCUT2D eigenvalue weighted by atomic mass is 32.2. The molecule has 0 aliphatic carbocycles. The predicted octanol–water partition coefficient (Wildman–Crippen LogP) is 1.74. The van der Waals surface area contributed by atoms with Gasteiger partial charge in [-0.05, 0) is 13.0 Å². The molecule has 0 N–H and O–H groups in total. The van der Waals surface area contributed by atoms with Crippen LogP contribution in [0.4, 0.5) is 0 Å². The predicted molar refractivity (Wildman–Crippen MR) is 89.3 cm³/mol. The number of thioether (sulfide) groups is 1. The average Bonchev–Trinajstić information content (AvgIpc) is 2.94. The van der Waals surface area contributed by atoms with E-state index in [1.165, 1.54) is 17.3 Å². The van der Waals surface area contributed by atoms with Gasteiger partial charge >= 0.3 is 0 Å². The van der Waals surface area contributed by atoms with Gasteiger partial charge in [0.25, 0.3) is 0 Å². The second kappa shape index (κ2) is 7.14. The molecule has 7 heteroatoms. The highest BCUT2D eigenvalue weighted by Gasteiger charge is 2.18. The normalized spacial score (nSPS) is 15.0. The van der Waals surface area contributed by atoms with Gasteiger partial charge in [-0.2, -0.15) is 0 Å². The van der Waals surface area contributed by atoms with Crippen LogP contribution >= 0.6 is 11.8 Å². The summed E-state index contributed by atoms with van der Waals surface area (Å²) in [6.45, 7) is 4.64. The molecule has 1 aliphatic rings. The van der Waals surface area contributed by atoms with Gasteiger partial charge < -0.3 is 14.2 Å². The number of ether oxygens (including phenoxy) is 1. The van der Waals surface area contributed by atoms with E-state index in [1.807, 2.05) is 28.6 Å². The van der Waals surface area contributed by atoms with Crippen LogP contribution in [0.3, 0.4) is 0 Å². The third-order valence-electron chi connectivity index (χ3n) is 3.80. The van der Waals surface area contributed by atoms with Crippen molar-refractivity contribution in [2.45, 2.75) is 12.1 Å². The molecular weight excluding hydrogens is 312 g/mol. The Hall–Kier alpha value is -1.86. The second-order valence-electron chi connectivity index (χ2n) is 5.52. The van der Waals surface area contributed by atoms with Gasteiger partial charge in [-0.15, -0.1) is 10.2 Å². The zero-order chi connectivity index (χ0) is 16.2. The van der Waals surface area contributed by atoms with Gasteiger partial charge in [0.1, 0.15) is 0 Å². The summed E-state index contributed by atoms with van der Waals surface area (Å²) in [4.78, 5) is 14.0. The molecule has 122 valence electrons. The minimum absolute atomic E-state index is 0.124. The molecule has 1 aliphatic heterocycles. The van der Waals surface area contributed by atoms with E-state index in [4.69, 9.17) is 4.74 Å². The number of amides is 1. The molecular formula is C16H20N4O2S. The molecule has 1 amide bonds. The van der Waals surface area contributed by atoms with Gasteiger partial charge in [0.15, 0.2) is 11.0 Å². The summed E-state index contributed by atoms with van der Waals surface area (Å²) in [5.41, 5.74) is 2.22. The maximum Gasteiger partial charge on any atom is 0.233 e. The Morgan fingerprint density at radius 1 is 1.30 bits per heavy atom. The van der Waals surface area contributed by atoms with Crippen LogP contribution in [0.15, 0.2) is 29.4 Å². The molecule has 6 nitrogen and oxygen atoms in total. The van der Waals surface area contributed by atoms with E-state index < -0.39 is 0 Å². The van der Waals surface area contributed by atoms with Gasteiger partial charge in [-0.25, -0.2) is 0 Å². The highest BCUT2D eigenvalue weighted by Crippen LogP contribution is 2.23. The first kappa shape index (κ1) is 16.0. The quantitative estimate of drug-likeness (QED) is 0.798. The minimum atomic E-state index is 0.124. The number of benzene rings is 1. The number of rotatable bonds is 4. The van der Waals surface area contributed by atoms with Crippen LogP contribution in [0, 0.1) is 6.92 Å². The SMILES string of the molecule is Cc1cccc(-c2nnc(SCC(=O)N3CCOCC3)n2C)c1.